The van der Waals surface area contributed by atoms with Crippen molar-refractivity contribution in [3.8, 4) is 0 Å². The second kappa shape index (κ2) is 5.12. The van der Waals surface area contributed by atoms with E-state index in [1.165, 1.54) is 10.9 Å². The predicted octanol–water partition coefficient (Wildman–Crippen LogP) is 2.10. The van der Waals surface area contributed by atoms with E-state index in [0.717, 1.165) is 39.0 Å². The summed E-state index contributed by atoms with van der Waals surface area (Å²) < 4.78 is 2.32. The summed E-state index contributed by atoms with van der Waals surface area (Å²) >= 11 is 0. The van der Waals surface area contributed by atoms with Gasteiger partial charge in [0, 0.05) is 31.3 Å². The molecule has 2 heterocycles. The predicted molar refractivity (Wildman–Crippen MR) is 73.6 cm³/mol. The molecule has 18 heavy (non-hydrogen) atoms. The third kappa shape index (κ3) is 2.42. The highest BCUT2D eigenvalue weighted by Gasteiger charge is 2.19. The summed E-state index contributed by atoms with van der Waals surface area (Å²) in [5.74, 6) is 0. The average molecular weight is 244 g/mol. The fourth-order valence-corrected chi connectivity index (χ4v) is 2.82. The zero-order valence-corrected chi connectivity index (χ0v) is 10.6. The van der Waals surface area contributed by atoms with Crippen LogP contribution in [0.3, 0.4) is 0 Å². The lowest BCUT2D eigenvalue weighted by Gasteiger charge is -2.15. The van der Waals surface area contributed by atoms with E-state index in [-0.39, 0.29) is 6.10 Å². The number of nitrogens with zero attached hydrogens (tertiary/aromatic N) is 2. The highest BCUT2D eigenvalue weighted by atomic mass is 16.3. The lowest BCUT2D eigenvalue weighted by Crippen LogP contribution is -2.24. The molecular formula is C15H20N2O. The van der Waals surface area contributed by atoms with E-state index < -0.39 is 0 Å². The molecule has 0 spiro atoms. The molecule has 1 aromatic heterocycles. The third-order valence-electron chi connectivity index (χ3n) is 3.80. The highest BCUT2D eigenvalue weighted by Crippen LogP contribution is 2.16. The molecule has 3 rings (SSSR count). The second-order valence-corrected chi connectivity index (χ2v) is 5.16. The van der Waals surface area contributed by atoms with E-state index in [9.17, 15) is 5.11 Å². The van der Waals surface area contributed by atoms with E-state index in [2.05, 4.69) is 46.0 Å². The number of β-amino-alcohol motifs (C(OH)–C–C–N with tert-alkyl or cyclic N) is 1. The van der Waals surface area contributed by atoms with Gasteiger partial charge in [-0.1, -0.05) is 18.2 Å². The Morgan fingerprint density at radius 2 is 2.06 bits per heavy atom. The molecule has 0 aliphatic carbocycles. The minimum absolute atomic E-state index is 0.0996. The summed E-state index contributed by atoms with van der Waals surface area (Å²) in [6.45, 7) is 4.05. The van der Waals surface area contributed by atoms with Gasteiger partial charge in [-0.2, -0.15) is 0 Å². The lowest BCUT2D eigenvalue weighted by atomic mass is 10.2. The van der Waals surface area contributed by atoms with Crippen molar-refractivity contribution in [1.82, 2.24) is 9.47 Å². The number of rotatable bonds is 4. The first-order chi connectivity index (χ1) is 8.83. The summed E-state index contributed by atoms with van der Waals surface area (Å²) in [7, 11) is 0. The van der Waals surface area contributed by atoms with Crippen LogP contribution >= 0.6 is 0 Å². The van der Waals surface area contributed by atoms with Gasteiger partial charge in [0.15, 0.2) is 0 Å². The number of aliphatic hydroxyl groups is 1. The van der Waals surface area contributed by atoms with Gasteiger partial charge in [0.1, 0.15) is 0 Å². The van der Waals surface area contributed by atoms with Gasteiger partial charge in [0.25, 0.3) is 0 Å². The molecule has 0 radical (unpaired) electrons. The maximum atomic E-state index is 9.48. The summed E-state index contributed by atoms with van der Waals surface area (Å²) in [5.41, 5.74) is 1.32. The Labute approximate surface area is 108 Å². The van der Waals surface area contributed by atoms with Crippen molar-refractivity contribution in [2.75, 3.05) is 19.6 Å². The highest BCUT2D eigenvalue weighted by molar-refractivity contribution is 5.79. The lowest BCUT2D eigenvalue weighted by molar-refractivity contribution is 0.175. The van der Waals surface area contributed by atoms with E-state index in [4.69, 9.17) is 0 Å². The third-order valence-corrected chi connectivity index (χ3v) is 3.80. The van der Waals surface area contributed by atoms with Gasteiger partial charge in [0.05, 0.1) is 6.10 Å². The molecule has 1 aliphatic rings. The smallest absolute Gasteiger partial charge is 0.0679 e. The summed E-state index contributed by atoms with van der Waals surface area (Å²) in [6.07, 6.45) is 4.15. The molecule has 96 valence electrons. The number of aromatic nitrogens is 1. The molecule has 2 aromatic rings. The van der Waals surface area contributed by atoms with Crippen molar-refractivity contribution in [3.63, 3.8) is 0 Å². The van der Waals surface area contributed by atoms with Crippen molar-refractivity contribution < 1.29 is 5.11 Å². The number of likely N-dealkylation sites (tertiary alicyclic amines) is 1. The van der Waals surface area contributed by atoms with Crippen molar-refractivity contribution >= 4 is 10.9 Å². The van der Waals surface area contributed by atoms with Gasteiger partial charge >= 0.3 is 0 Å². The number of fused-ring (bicyclic) bond motifs is 1. The Morgan fingerprint density at radius 3 is 2.89 bits per heavy atom. The van der Waals surface area contributed by atoms with E-state index in [1.54, 1.807) is 0 Å². The number of hydrogen-bond donors (Lipinski definition) is 1. The molecule has 1 aromatic carbocycles. The molecule has 3 heteroatoms. The number of para-hydroxylation sites is 1. The van der Waals surface area contributed by atoms with Gasteiger partial charge in [-0.15, -0.1) is 0 Å². The van der Waals surface area contributed by atoms with Gasteiger partial charge in [-0.05, 0) is 36.9 Å². The van der Waals surface area contributed by atoms with Crippen LogP contribution in [-0.2, 0) is 6.54 Å². The zero-order valence-electron chi connectivity index (χ0n) is 10.6. The molecular weight excluding hydrogens is 224 g/mol. The molecule has 1 saturated heterocycles. The van der Waals surface area contributed by atoms with Crippen LogP contribution < -0.4 is 0 Å². The largest absolute Gasteiger partial charge is 0.392 e. The van der Waals surface area contributed by atoms with Crippen LogP contribution in [0.2, 0.25) is 0 Å². The van der Waals surface area contributed by atoms with Crippen molar-refractivity contribution in [2.45, 2.75) is 25.5 Å². The maximum absolute atomic E-state index is 9.48. The second-order valence-electron chi connectivity index (χ2n) is 5.16. The summed E-state index contributed by atoms with van der Waals surface area (Å²) in [4.78, 5) is 2.36. The normalized spacial score (nSPS) is 20.8. The minimum atomic E-state index is -0.0996. The van der Waals surface area contributed by atoms with Gasteiger partial charge in [0.2, 0.25) is 0 Å². The Hall–Kier alpha value is -1.32. The van der Waals surface area contributed by atoms with Crippen LogP contribution in [-0.4, -0.2) is 40.3 Å². The quantitative estimate of drug-likeness (QED) is 0.892. The molecule has 1 aliphatic heterocycles. The Balaban J connectivity index is 1.57. The fraction of sp³-hybridized carbons (Fsp3) is 0.467. The van der Waals surface area contributed by atoms with E-state index in [0.29, 0.717) is 0 Å². The van der Waals surface area contributed by atoms with Gasteiger partial charge < -0.3 is 14.6 Å². The molecule has 1 fully saturated rings. The van der Waals surface area contributed by atoms with Gasteiger partial charge in [-0.25, -0.2) is 0 Å². The molecule has 0 saturated carbocycles. The van der Waals surface area contributed by atoms with Crippen LogP contribution in [0.4, 0.5) is 0 Å². The number of hydrogen-bond acceptors (Lipinski definition) is 2. The molecule has 1 atom stereocenters. The van der Waals surface area contributed by atoms with Crippen LogP contribution in [0.1, 0.15) is 12.8 Å². The van der Waals surface area contributed by atoms with Crippen molar-refractivity contribution in [1.29, 1.82) is 0 Å². The van der Waals surface area contributed by atoms with Crippen LogP contribution in [0.5, 0.6) is 0 Å². The van der Waals surface area contributed by atoms with Gasteiger partial charge in [-0.3, -0.25) is 0 Å². The number of benzene rings is 1. The fourth-order valence-electron chi connectivity index (χ4n) is 2.82. The SMILES string of the molecule is OC1CCN(CCCn2ccc3ccccc32)C1. The summed E-state index contributed by atoms with van der Waals surface area (Å²) in [5, 5.41) is 10.8. The van der Waals surface area contributed by atoms with Crippen LogP contribution in [0, 0.1) is 0 Å². The number of aryl methyl sites for hydroxylation is 1. The molecule has 0 amide bonds. The first kappa shape index (κ1) is 11.8. The Kier molecular flexibility index (Phi) is 3.35. The monoisotopic (exact) mass is 244 g/mol. The first-order valence-electron chi connectivity index (χ1n) is 6.77. The standard InChI is InChI=1S/C15H20N2O/c18-14-7-10-16(12-14)8-3-9-17-11-6-13-4-1-2-5-15(13)17/h1-2,4-6,11,14,18H,3,7-10,12H2. The van der Waals surface area contributed by atoms with E-state index in [1.807, 2.05) is 0 Å². The van der Waals surface area contributed by atoms with Crippen molar-refractivity contribution in [2.24, 2.45) is 0 Å². The van der Waals surface area contributed by atoms with E-state index >= 15 is 0 Å². The van der Waals surface area contributed by atoms with Crippen molar-refractivity contribution in [3.05, 3.63) is 36.5 Å². The Bertz CT molecular complexity index is 520. The van der Waals surface area contributed by atoms with Crippen LogP contribution in [0.25, 0.3) is 10.9 Å². The van der Waals surface area contributed by atoms with Crippen LogP contribution in [0.15, 0.2) is 36.5 Å². The Morgan fingerprint density at radius 1 is 1.17 bits per heavy atom. The molecule has 0 bridgehead atoms. The first-order valence-corrected chi connectivity index (χ1v) is 6.77. The molecule has 1 N–H and O–H groups in total. The average Bonchev–Trinajstić information content (AvgIpc) is 2.97. The summed E-state index contributed by atoms with van der Waals surface area (Å²) in [6, 6.07) is 10.7. The molecule has 1 unspecified atom stereocenters. The topological polar surface area (TPSA) is 28.4 Å². The zero-order chi connectivity index (χ0) is 12.4. The molecule has 3 nitrogen and oxygen atoms in total. The maximum Gasteiger partial charge on any atom is 0.0679 e. The minimum Gasteiger partial charge on any atom is -0.392 e. The number of aliphatic hydroxyl groups excluding tert-OH is 1.